The Morgan fingerprint density at radius 2 is 1.76 bits per heavy atom. The lowest BCUT2D eigenvalue weighted by Crippen LogP contribution is -2.35. The highest BCUT2D eigenvalue weighted by molar-refractivity contribution is 6.30. The van der Waals surface area contributed by atoms with Crippen LogP contribution in [0, 0.1) is 5.92 Å². The van der Waals surface area contributed by atoms with E-state index in [1.807, 2.05) is 36.7 Å². The monoisotopic (exact) mass is 359 g/mol. The Hall–Kier alpha value is -1.65. The molecule has 1 aliphatic heterocycles. The first kappa shape index (κ1) is 18.2. The SMILES string of the molecule is CC(C)c1ncc(CN2CCC(COc3ccc(Cl)cc3)CC2)cn1. The molecule has 0 atom stereocenters. The molecule has 0 aliphatic carbocycles. The Balaban J connectivity index is 1.41. The zero-order chi connectivity index (χ0) is 17.6. The number of rotatable bonds is 6. The summed E-state index contributed by atoms with van der Waals surface area (Å²) in [5.74, 6) is 2.81. The van der Waals surface area contributed by atoms with E-state index in [1.54, 1.807) is 0 Å². The van der Waals surface area contributed by atoms with Gasteiger partial charge in [-0.05, 0) is 56.1 Å². The van der Waals surface area contributed by atoms with Gasteiger partial charge in [0, 0.05) is 35.4 Å². The maximum Gasteiger partial charge on any atom is 0.130 e. The Kier molecular flexibility index (Phi) is 6.27. The average Bonchev–Trinajstić information content (AvgIpc) is 2.63. The number of aromatic nitrogens is 2. The van der Waals surface area contributed by atoms with Crippen molar-refractivity contribution in [3.05, 3.63) is 53.1 Å². The molecule has 2 aromatic rings. The van der Waals surface area contributed by atoms with E-state index >= 15 is 0 Å². The molecule has 0 bridgehead atoms. The van der Waals surface area contributed by atoms with Gasteiger partial charge in [0.2, 0.25) is 0 Å². The first-order valence-corrected chi connectivity index (χ1v) is 9.39. The Morgan fingerprint density at radius 3 is 2.36 bits per heavy atom. The van der Waals surface area contributed by atoms with E-state index in [9.17, 15) is 0 Å². The van der Waals surface area contributed by atoms with Crippen LogP contribution >= 0.6 is 11.6 Å². The van der Waals surface area contributed by atoms with Gasteiger partial charge in [-0.25, -0.2) is 9.97 Å². The second-order valence-electron chi connectivity index (χ2n) is 7.09. The minimum atomic E-state index is 0.380. The van der Waals surface area contributed by atoms with Gasteiger partial charge in [0.1, 0.15) is 11.6 Å². The lowest BCUT2D eigenvalue weighted by molar-refractivity contribution is 0.136. The van der Waals surface area contributed by atoms with Gasteiger partial charge in [-0.3, -0.25) is 4.90 Å². The second kappa shape index (κ2) is 8.63. The summed E-state index contributed by atoms with van der Waals surface area (Å²) in [5.41, 5.74) is 1.19. The van der Waals surface area contributed by atoms with Crippen LogP contribution in [-0.4, -0.2) is 34.6 Å². The highest BCUT2D eigenvalue weighted by Gasteiger charge is 2.20. The summed E-state index contributed by atoms with van der Waals surface area (Å²) < 4.78 is 5.89. The lowest BCUT2D eigenvalue weighted by Gasteiger charge is -2.31. The molecule has 1 saturated heterocycles. The number of hydrogen-bond acceptors (Lipinski definition) is 4. The molecule has 2 heterocycles. The van der Waals surface area contributed by atoms with Crippen LogP contribution in [0.2, 0.25) is 5.02 Å². The van der Waals surface area contributed by atoms with Gasteiger partial charge in [-0.15, -0.1) is 0 Å². The number of benzene rings is 1. The van der Waals surface area contributed by atoms with Crippen LogP contribution in [-0.2, 0) is 6.54 Å². The maximum absolute atomic E-state index is 5.90. The molecule has 134 valence electrons. The Morgan fingerprint density at radius 1 is 1.12 bits per heavy atom. The number of hydrogen-bond donors (Lipinski definition) is 0. The van der Waals surface area contributed by atoms with Gasteiger partial charge >= 0.3 is 0 Å². The van der Waals surface area contributed by atoms with Gasteiger partial charge < -0.3 is 4.74 Å². The summed E-state index contributed by atoms with van der Waals surface area (Å²) in [7, 11) is 0. The van der Waals surface area contributed by atoms with Gasteiger partial charge in [-0.2, -0.15) is 0 Å². The molecule has 0 unspecified atom stereocenters. The molecule has 1 aliphatic rings. The van der Waals surface area contributed by atoms with Gasteiger partial charge in [0.05, 0.1) is 6.61 Å². The summed E-state index contributed by atoms with van der Waals surface area (Å²) in [6.07, 6.45) is 6.27. The highest BCUT2D eigenvalue weighted by atomic mass is 35.5. The quantitative estimate of drug-likeness (QED) is 0.758. The molecular weight excluding hydrogens is 334 g/mol. The summed E-state index contributed by atoms with van der Waals surface area (Å²) in [6.45, 7) is 8.14. The summed E-state index contributed by atoms with van der Waals surface area (Å²) in [5, 5.41) is 0.742. The zero-order valence-corrected chi connectivity index (χ0v) is 15.7. The summed E-state index contributed by atoms with van der Waals surface area (Å²) in [6, 6.07) is 7.59. The van der Waals surface area contributed by atoms with Crippen molar-refractivity contribution < 1.29 is 4.74 Å². The number of ether oxygens (including phenoxy) is 1. The van der Waals surface area contributed by atoms with E-state index < -0.39 is 0 Å². The number of halogens is 1. The maximum atomic E-state index is 5.90. The smallest absolute Gasteiger partial charge is 0.130 e. The summed E-state index contributed by atoms with van der Waals surface area (Å²) in [4.78, 5) is 11.4. The second-order valence-corrected chi connectivity index (χ2v) is 7.53. The van der Waals surface area contributed by atoms with E-state index in [4.69, 9.17) is 16.3 Å². The molecular formula is C20H26ClN3O. The number of nitrogens with zero attached hydrogens (tertiary/aromatic N) is 3. The normalized spacial score (nSPS) is 16.3. The van der Waals surface area contributed by atoms with Crippen LogP contribution in [0.5, 0.6) is 5.75 Å². The largest absolute Gasteiger partial charge is 0.493 e. The van der Waals surface area contributed by atoms with Crippen molar-refractivity contribution >= 4 is 11.6 Å². The molecule has 5 heteroatoms. The molecule has 0 spiro atoms. The fourth-order valence-electron chi connectivity index (χ4n) is 3.06. The third-order valence-electron chi connectivity index (χ3n) is 4.65. The topological polar surface area (TPSA) is 38.2 Å². The summed E-state index contributed by atoms with van der Waals surface area (Å²) >= 11 is 5.90. The van der Waals surface area contributed by atoms with E-state index in [-0.39, 0.29) is 0 Å². The molecule has 0 amide bonds. The fourth-order valence-corrected chi connectivity index (χ4v) is 3.18. The van der Waals surface area contributed by atoms with Crippen molar-refractivity contribution in [3.63, 3.8) is 0 Å². The Labute approximate surface area is 155 Å². The minimum Gasteiger partial charge on any atom is -0.493 e. The van der Waals surface area contributed by atoms with Gasteiger partial charge in [0.15, 0.2) is 0 Å². The molecule has 4 nitrogen and oxygen atoms in total. The van der Waals surface area contributed by atoms with Crippen molar-refractivity contribution in [2.75, 3.05) is 19.7 Å². The third kappa shape index (κ3) is 5.41. The van der Waals surface area contributed by atoms with Crippen molar-refractivity contribution in [2.45, 2.75) is 39.2 Å². The highest BCUT2D eigenvalue weighted by Crippen LogP contribution is 2.22. The van der Waals surface area contributed by atoms with Gasteiger partial charge in [-0.1, -0.05) is 25.4 Å². The van der Waals surface area contributed by atoms with Crippen LogP contribution in [0.1, 0.15) is 44.0 Å². The predicted octanol–water partition coefficient (Wildman–Crippen LogP) is 4.54. The molecule has 0 N–H and O–H groups in total. The van der Waals surface area contributed by atoms with Crippen LogP contribution < -0.4 is 4.74 Å². The third-order valence-corrected chi connectivity index (χ3v) is 4.91. The van der Waals surface area contributed by atoms with E-state index in [0.29, 0.717) is 11.8 Å². The van der Waals surface area contributed by atoms with Crippen molar-refractivity contribution in [1.29, 1.82) is 0 Å². The average molecular weight is 360 g/mol. The van der Waals surface area contributed by atoms with Gasteiger partial charge in [0.25, 0.3) is 0 Å². The molecule has 1 fully saturated rings. The van der Waals surface area contributed by atoms with Crippen molar-refractivity contribution in [1.82, 2.24) is 14.9 Å². The molecule has 0 radical (unpaired) electrons. The lowest BCUT2D eigenvalue weighted by atomic mass is 9.97. The first-order valence-electron chi connectivity index (χ1n) is 9.01. The molecule has 25 heavy (non-hydrogen) atoms. The van der Waals surface area contributed by atoms with Crippen LogP contribution in [0.15, 0.2) is 36.7 Å². The molecule has 1 aromatic carbocycles. The van der Waals surface area contributed by atoms with Crippen LogP contribution in [0.3, 0.4) is 0 Å². The predicted molar refractivity (Wildman–Crippen MR) is 101 cm³/mol. The molecule has 3 rings (SSSR count). The van der Waals surface area contributed by atoms with E-state index in [0.717, 1.165) is 42.8 Å². The minimum absolute atomic E-state index is 0.380. The number of piperidine rings is 1. The van der Waals surface area contributed by atoms with E-state index in [1.165, 1.54) is 18.4 Å². The van der Waals surface area contributed by atoms with Crippen molar-refractivity contribution in [3.8, 4) is 5.75 Å². The standard InChI is InChI=1S/C20H26ClN3O/c1-15(2)20-22-11-17(12-23-20)13-24-9-7-16(8-10-24)14-25-19-5-3-18(21)4-6-19/h3-6,11-12,15-16H,7-10,13-14H2,1-2H3. The van der Waals surface area contributed by atoms with Crippen LogP contribution in [0.25, 0.3) is 0 Å². The van der Waals surface area contributed by atoms with Crippen LogP contribution in [0.4, 0.5) is 0 Å². The fraction of sp³-hybridized carbons (Fsp3) is 0.500. The first-order chi connectivity index (χ1) is 12.1. The molecule has 0 saturated carbocycles. The molecule has 1 aromatic heterocycles. The van der Waals surface area contributed by atoms with Crippen molar-refractivity contribution in [2.24, 2.45) is 5.92 Å². The zero-order valence-electron chi connectivity index (χ0n) is 15.0. The van der Waals surface area contributed by atoms with E-state index in [2.05, 4.69) is 28.7 Å². The number of likely N-dealkylation sites (tertiary alicyclic amines) is 1. The Bertz CT molecular complexity index is 650.